The van der Waals surface area contributed by atoms with Gasteiger partial charge in [0.15, 0.2) is 17.5 Å². The number of furan rings is 2. The second-order valence-corrected chi connectivity index (χ2v) is 18.6. The lowest BCUT2D eigenvalue weighted by Crippen LogP contribution is -2.02. The van der Waals surface area contributed by atoms with Gasteiger partial charge in [0.25, 0.3) is 0 Å². The molecule has 316 valence electrons. The van der Waals surface area contributed by atoms with Crippen molar-refractivity contribution in [1.29, 1.82) is 0 Å². The van der Waals surface area contributed by atoms with Crippen LogP contribution < -0.4 is 0 Å². The van der Waals surface area contributed by atoms with Crippen LogP contribution in [0.25, 0.3) is 148 Å². The van der Waals surface area contributed by atoms with Crippen LogP contribution in [0, 0.1) is 0 Å². The first-order valence-electron chi connectivity index (χ1n) is 22.7. The highest BCUT2D eigenvalue weighted by molar-refractivity contribution is 7.25. The molecule has 0 radical (unpaired) electrons. The van der Waals surface area contributed by atoms with Crippen molar-refractivity contribution in [3.63, 3.8) is 0 Å². The third kappa shape index (κ3) is 5.66. The van der Waals surface area contributed by atoms with Crippen molar-refractivity contribution >= 4 is 108 Å². The standard InChI is InChI=1S/C61H34N4O2S/c1-2-12-36-31-52-49(29-35(36)11-1)41-13-3-7-17-51(41)65(52)40-24-27-47(48(34-40)37-23-28-58-50(30-37)46-16-6-10-20-57(46)68-58)61-63-59(38-21-25-44-42-14-4-8-18-53(42)66-55(44)32-38)62-60(64-61)39-22-26-45-43-15-5-9-19-54(43)67-56(45)33-39/h1-34H. The van der Waals surface area contributed by atoms with E-state index in [1.165, 1.54) is 41.7 Å². The minimum atomic E-state index is 0.542. The summed E-state index contributed by atoms with van der Waals surface area (Å²) >= 11 is 1.82. The topological polar surface area (TPSA) is 69.9 Å². The lowest BCUT2D eigenvalue weighted by atomic mass is 9.96. The number of thiophene rings is 1. The van der Waals surface area contributed by atoms with Gasteiger partial charge in [0.05, 0.1) is 11.0 Å². The summed E-state index contributed by atoms with van der Waals surface area (Å²) in [5, 5.41) is 11.5. The summed E-state index contributed by atoms with van der Waals surface area (Å²) in [6, 6.07) is 72.9. The van der Waals surface area contributed by atoms with Gasteiger partial charge in [-0.15, -0.1) is 11.3 Å². The molecule has 68 heavy (non-hydrogen) atoms. The number of aromatic nitrogens is 4. The fourth-order valence-electron chi connectivity index (χ4n) is 10.4. The molecule has 0 amide bonds. The summed E-state index contributed by atoms with van der Waals surface area (Å²) in [7, 11) is 0. The maximum Gasteiger partial charge on any atom is 0.164 e. The first-order chi connectivity index (χ1) is 33.6. The Balaban J connectivity index is 0.995. The van der Waals surface area contributed by atoms with Crippen LogP contribution in [0.3, 0.4) is 0 Å². The largest absolute Gasteiger partial charge is 0.456 e. The molecule has 0 aliphatic carbocycles. The lowest BCUT2D eigenvalue weighted by molar-refractivity contribution is 0.668. The molecule has 10 aromatic carbocycles. The Morgan fingerprint density at radius 3 is 1.60 bits per heavy atom. The van der Waals surface area contributed by atoms with Gasteiger partial charge >= 0.3 is 0 Å². The average Bonchev–Trinajstić information content (AvgIpc) is 4.16. The highest BCUT2D eigenvalue weighted by atomic mass is 32.1. The predicted octanol–water partition coefficient (Wildman–Crippen LogP) is 17.0. The molecule has 0 saturated heterocycles. The molecular weight excluding hydrogens is 853 g/mol. The molecule has 0 spiro atoms. The molecule has 0 aliphatic heterocycles. The van der Waals surface area contributed by atoms with E-state index in [0.717, 1.165) is 88.4 Å². The molecular formula is C61H34N4O2S. The van der Waals surface area contributed by atoms with E-state index < -0.39 is 0 Å². The van der Waals surface area contributed by atoms with Crippen molar-refractivity contribution in [3.8, 4) is 51.0 Å². The van der Waals surface area contributed by atoms with Crippen LogP contribution in [0.4, 0.5) is 0 Å². The van der Waals surface area contributed by atoms with E-state index in [0.29, 0.717) is 17.5 Å². The van der Waals surface area contributed by atoms with Crippen LogP contribution in [-0.4, -0.2) is 19.5 Å². The molecule has 5 heterocycles. The van der Waals surface area contributed by atoms with Crippen molar-refractivity contribution in [3.05, 3.63) is 206 Å². The summed E-state index contributed by atoms with van der Waals surface area (Å²) < 4.78 is 17.7. The van der Waals surface area contributed by atoms with Crippen molar-refractivity contribution in [2.45, 2.75) is 0 Å². The molecule has 0 aliphatic rings. The van der Waals surface area contributed by atoms with Gasteiger partial charge < -0.3 is 13.4 Å². The zero-order chi connectivity index (χ0) is 44.5. The Labute approximate surface area is 391 Å². The number of nitrogens with zero attached hydrogens (tertiary/aromatic N) is 4. The smallest absolute Gasteiger partial charge is 0.164 e. The van der Waals surface area contributed by atoms with Gasteiger partial charge in [-0.05, 0) is 113 Å². The molecule has 0 N–H and O–H groups in total. The number of fused-ring (bicyclic) bond motifs is 13. The Morgan fingerprint density at radius 1 is 0.324 bits per heavy atom. The number of rotatable bonds is 5. The summed E-state index contributed by atoms with van der Waals surface area (Å²) in [5.74, 6) is 1.64. The van der Waals surface area contributed by atoms with E-state index in [4.69, 9.17) is 23.8 Å². The Hall–Kier alpha value is -8.91. The zero-order valence-corrected chi connectivity index (χ0v) is 37.0. The number of para-hydroxylation sites is 3. The van der Waals surface area contributed by atoms with Crippen LogP contribution in [0.2, 0.25) is 0 Å². The van der Waals surface area contributed by atoms with Gasteiger partial charge in [0, 0.05) is 74.9 Å². The van der Waals surface area contributed by atoms with Crippen molar-refractivity contribution in [2.75, 3.05) is 0 Å². The van der Waals surface area contributed by atoms with Gasteiger partial charge in [-0.2, -0.15) is 0 Å². The van der Waals surface area contributed by atoms with Crippen LogP contribution in [0.5, 0.6) is 0 Å². The molecule has 0 fully saturated rings. The number of hydrogen-bond acceptors (Lipinski definition) is 6. The molecule has 0 atom stereocenters. The van der Waals surface area contributed by atoms with Gasteiger partial charge in [0.1, 0.15) is 22.3 Å². The molecule has 15 rings (SSSR count). The number of benzene rings is 10. The van der Waals surface area contributed by atoms with Crippen molar-refractivity contribution < 1.29 is 8.83 Å². The van der Waals surface area contributed by atoms with Crippen LogP contribution in [-0.2, 0) is 0 Å². The lowest BCUT2D eigenvalue weighted by Gasteiger charge is -2.16. The van der Waals surface area contributed by atoms with Gasteiger partial charge in [-0.1, -0.05) is 115 Å². The molecule has 0 saturated carbocycles. The summed E-state index contributed by atoms with van der Waals surface area (Å²) in [4.78, 5) is 16.0. The van der Waals surface area contributed by atoms with Crippen LogP contribution >= 0.6 is 11.3 Å². The van der Waals surface area contributed by atoms with Crippen LogP contribution in [0.1, 0.15) is 0 Å². The minimum absolute atomic E-state index is 0.542. The van der Waals surface area contributed by atoms with E-state index in [1.54, 1.807) is 0 Å². The SMILES string of the molecule is c1ccc2cc3c(cc2c1)c1ccccc1n3-c1ccc(-c2nc(-c3ccc4c(c3)oc3ccccc34)nc(-c3ccc4c(c3)oc3ccccc34)n2)c(-c2ccc3sc4ccccc4c3c2)c1. The first-order valence-corrected chi connectivity index (χ1v) is 23.5. The second kappa shape index (κ2) is 14.3. The zero-order valence-electron chi connectivity index (χ0n) is 36.1. The van der Waals surface area contributed by atoms with E-state index in [9.17, 15) is 0 Å². The molecule has 15 aromatic rings. The third-order valence-electron chi connectivity index (χ3n) is 13.6. The normalized spacial score (nSPS) is 12.1. The van der Waals surface area contributed by atoms with E-state index in [-0.39, 0.29) is 0 Å². The Morgan fingerprint density at radius 2 is 0.882 bits per heavy atom. The average molecular weight is 887 g/mol. The van der Waals surface area contributed by atoms with Gasteiger partial charge in [0.2, 0.25) is 0 Å². The van der Waals surface area contributed by atoms with Crippen molar-refractivity contribution in [2.24, 2.45) is 0 Å². The Kier molecular flexibility index (Phi) is 7.85. The fraction of sp³-hybridized carbons (Fsp3) is 0. The van der Waals surface area contributed by atoms with E-state index in [1.807, 2.05) is 59.9 Å². The molecule has 0 bridgehead atoms. The molecule has 5 aromatic heterocycles. The van der Waals surface area contributed by atoms with Crippen molar-refractivity contribution in [1.82, 2.24) is 19.5 Å². The third-order valence-corrected chi connectivity index (χ3v) is 14.8. The minimum Gasteiger partial charge on any atom is -0.456 e. The second-order valence-electron chi connectivity index (χ2n) is 17.5. The maximum absolute atomic E-state index is 6.41. The fourth-order valence-corrected chi connectivity index (χ4v) is 11.5. The summed E-state index contributed by atoms with van der Waals surface area (Å²) in [6.45, 7) is 0. The van der Waals surface area contributed by atoms with Gasteiger partial charge in [-0.25, -0.2) is 15.0 Å². The van der Waals surface area contributed by atoms with E-state index in [2.05, 4.69) is 162 Å². The summed E-state index contributed by atoms with van der Waals surface area (Å²) in [6.07, 6.45) is 0. The van der Waals surface area contributed by atoms with E-state index >= 15 is 0 Å². The molecule has 7 heteroatoms. The maximum atomic E-state index is 6.41. The van der Waals surface area contributed by atoms with Gasteiger partial charge in [-0.3, -0.25) is 0 Å². The quantitative estimate of drug-likeness (QED) is 0.172. The monoisotopic (exact) mass is 886 g/mol. The highest BCUT2D eigenvalue weighted by Gasteiger charge is 2.21. The first kappa shape index (κ1) is 37.3. The predicted molar refractivity (Wildman–Crippen MR) is 281 cm³/mol. The Bertz CT molecular complexity index is 4460. The molecule has 0 unspecified atom stereocenters. The summed E-state index contributed by atoms with van der Waals surface area (Å²) in [5.41, 5.74) is 11.2. The molecule has 6 nitrogen and oxygen atoms in total. The number of hydrogen-bond donors (Lipinski definition) is 0. The highest BCUT2D eigenvalue weighted by Crippen LogP contribution is 2.43. The van der Waals surface area contributed by atoms with Crippen LogP contribution in [0.15, 0.2) is 215 Å².